The van der Waals surface area contributed by atoms with Gasteiger partial charge in [0, 0.05) is 35.4 Å². The lowest BCUT2D eigenvalue weighted by Crippen LogP contribution is -2.53. The van der Waals surface area contributed by atoms with Crippen LogP contribution in [0.4, 0.5) is 0 Å². The van der Waals surface area contributed by atoms with Gasteiger partial charge < -0.3 is 20.2 Å². The summed E-state index contributed by atoms with van der Waals surface area (Å²) in [5, 5.41) is 14.0. The number of hydrogen-bond donors (Lipinski definition) is 3. The monoisotopic (exact) mass is 573 g/mol. The zero-order chi connectivity index (χ0) is 26.9. The van der Waals surface area contributed by atoms with E-state index in [1.165, 1.54) is 34.3 Å². The maximum Gasteiger partial charge on any atom is 0.154 e. The van der Waals surface area contributed by atoms with Crippen molar-refractivity contribution in [3.63, 3.8) is 0 Å². The molecule has 1 aliphatic heterocycles. The molecule has 2 aromatic heterocycles. The summed E-state index contributed by atoms with van der Waals surface area (Å²) in [6, 6.07) is 13.0. The summed E-state index contributed by atoms with van der Waals surface area (Å²) in [4.78, 5) is 14.8. The third-order valence-electron chi connectivity index (χ3n) is 5.54. The summed E-state index contributed by atoms with van der Waals surface area (Å²) in [6.07, 6.45) is 3.83. The van der Waals surface area contributed by atoms with Crippen molar-refractivity contribution in [1.82, 2.24) is 20.5 Å². The van der Waals surface area contributed by atoms with Gasteiger partial charge in [-0.2, -0.15) is 10.7 Å². The number of aromatic nitrogens is 2. The smallest absolute Gasteiger partial charge is 0.154 e. The fourth-order valence-electron chi connectivity index (χ4n) is 3.66. The Kier molecular flexibility index (Phi) is 10.3. The molecular weight excluding hydrogens is 546 g/mol. The average Bonchev–Trinajstić information content (AvgIpc) is 3.47. The Balaban J connectivity index is 1.71. The van der Waals surface area contributed by atoms with Crippen LogP contribution in [0.15, 0.2) is 65.3 Å². The number of hydroxylamine groups is 1. The standard InChI is InChI=1S/C25H28ClN7O3S2/c1-16-11-32-35-15-21(33(29)13-19(28)24-30-7-8-37-24)23(34-14-17-5-3-2-4-6-17)25(36-16)38-22-9-18(26)12-31-20(22)10-27/h2-9,12-13,16,21,23,25,32H,11,14-15,28-29H2,1H3/b19-13-/t16?,21-,23?,25?/m1/s1. The number of ether oxygens (including phenoxy) is 2. The molecule has 1 aromatic carbocycles. The van der Waals surface area contributed by atoms with Crippen molar-refractivity contribution in [2.45, 2.75) is 42.1 Å². The van der Waals surface area contributed by atoms with Crippen molar-refractivity contribution in [3.05, 3.63) is 81.7 Å². The van der Waals surface area contributed by atoms with E-state index in [0.717, 1.165) is 5.56 Å². The molecule has 200 valence electrons. The molecule has 1 aliphatic rings. The Morgan fingerprint density at radius 1 is 1.39 bits per heavy atom. The molecule has 13 heteroatoms. The van der Waals surface area contributed by atoms with Gasteiger partial charge in [0.1, 0.15) is 22.6 Å². The molecule has 0 aliphatic carbocycles. The molecule has 1 saturated heterocycles. The third kappa shape index (κ3) is 7.66. The highest BCUT2D eigenvalue weighted by Crippen LogP contribution is 2.34. The normalized spacial score (nSPS) is 22.6. The molecule has 3 aromatic rings. The number of nitriles is 1. The molecule has 0 bridgehead atoms. The molecule has 4 rings (SSSR count). The SMILES string of the molecule is CC1CNOC[C@@H](N(N)/C=C(\N)c2nccs2)C(OCc2ccccc2)C(Sc2cc(Cl)cnc2C#N)O1. The predicted octanol–water partition coefficient (Wildman–Crippen LogP) is 3.51. The molecule has 1 fully saturated rings. The molecule has 3 heterocycles. The average molecular weight is 574 g/mol. The maximum atomic E-state index is 9.66. The van der Waals surface area contributed by atoms with Crippen LogP contribution in [0.1, 0.15) is 23.2 Å². The second kappa shape index (κ2) is 13.9. The van der Waals surface area contributed by atoms with Crippen LogP contribution in [0.2, 0.25) is 5.02 Å². The summed E-state index contributed by atoms with van der Waals surface area (Å²) < 4.78 is 13.0. The van der Waals surface area contributed by atoms with Crippen molar-refractivity contribution in [2.75, 3.05) is 13.2 Å². The van der Waals surface area contributed by atoms with Crippen molar-refractivity contribution in [2.24, 2.45) is 11.6 Å². The molecular formula is C25H28ClN7O3S2. The fraction of sp³-hybridized carbons (Fsp3) is 0.320. The summed E-state index contributed by atoms with van der Waals surface area (Å²) in [5.74, 6) is 6.57. The van der Waals surface area contributed by atoms with Gasteiger partial charge in [0.25, 0.3) is 0 Å². The lowest BCUT2D eigenvalue weighted by atomic mass is 10.1. The first-order valence-corrected chi connectivity index (χ1v) is 13.9. The van der Waals surface area contributed by atoms with Gasteiger partial charge in [0.05, 0.1) is 36.1 Å². The molecule has 5 N–H and O–H groups in total. The van der Waals surface area contributed by atoms with E-state index in [0.29, 0.717) is 33.8 Å². The van der Waals surface area contributed by atoms with Gasteiger partial charge in [0.2, 0.25) is 0 Å². The lowest BCUT2D eigenvalue weighted by Gasteiger charge is -2.37. The summed E-state index contributed by atoms with van der Waals surface area (Å²) in [7, 11) is 0. The van der Waals surface area contributed by atoms with Crippen molar-refractivity contribution < 1.29 is 14.3 Å². The first kappa shape index (κ1) is 28.3. The minimum absolute atomic E-state index is 0.156. The maximum absolute atomic E-state index is 9.66. The number of hydrazine groups is 1. The minimum atomic E-state index is -0.640. The molecule has 0 saturated carbocycles. The second-order valence-corrected chi connectivity index (χ2v) is 10.9. The van der Waals surface area contributed by atoms with Gasteiger partial charge >= 0.3 is 0 Å². The summed E-state index contributed by atoms with van der Waals surface area (Å²) in [6.45, 7) is 2.79. The van der Waals surface area contributed by atoms with Gasteiger partial charge in [0.15, 0.2) is 5.69 Å². The molecule has 38 heavy (non-hydrogen) atoms. The number of nitrogens with two attached hydrogens (primary N) is 2. The summed E-state index contributed by atoms with van der Waals surface area (Å²) >= 11 is 8.93. The largest absolute Gasteiger partial charge is 0.395 e. The zero-order valence-electron chi connectivity index (χ0n) is 20.6. The molecule has 10 nitrogen and oxygen atoms in total. The minimum Gasteiger partial charge on any atom is -0.395 e. The Morgan fingerprint density at radius 3 is 2.95 bits per heavy atom. The van der Waals surface area contributed by atoms with Gasteiger partial charge in [-0.15, -0.1) is 11.3 Å². The first-order chi connectivity index (χ1) is 18.4. The van der Waals surface area contributed by atoms with E-state index in [4.69, 9.17) is 37.5 Å². The molecule has 0 radical (unpaired) electrons. The molecule has 3 unspecified atom stereocenters. The quantitative estimate of drug-likeness (QED) is 0.269. The van der Waals surface area contributed by atoms with Gasteiger partial charge in [-0.25, -0.2) is 15.8 Å². The molecule has 0 amide bonds. The molecule has 0 spiro atoms. The Labute approximate surface area is 234 Å². The highest BCUT2D eigenvalue weighted by atomic mass is 35.5. The van der Waals surface area contributed by atoms with Crippen LogP contribution in [0, 0.1) is 11.3 Å². The molecule has 4 atom stereocenters. The van der Waals surface area contributed by atoms with E-state index in [1.54, 1.807) is 18.5 Å². The third-order valence-corrected chi connectivity index (χ3v) is 7.75. The van der Waals surface area contributed by atoms with Crippen LogP contribution in [-0.4, -0.2) is 51.8 Å². The number of halogens is 1. The first-order valence-electron chi connectivity index (χ1n) is 11.7. The van der Waals surface area contributed by atoms with Crippen LogP contribution in [0.25, 0.3) is 5.70 Å². The van der Waals surface area contributed by atoms with E-state index < -0.39 is 17.6 Å². The number of nitrogens with one attached hydrogen (secondary N) is 1. The lowest BCUT2D eigenvalue weighted by molar-refractivity contribution is -0.0941. The van der Waals surface area contributed by atoms with E-state index in [1.807, 2.05) is 42.6 Å². The Hall–Kier alpha value is -2.73. The van der Waals surface area contributed by atoms with E-state index in [2.05, 4.69) is 21.5 Å². The highest BCUT2D eigenvalue weighted by Gasteiger charge is 2.38. The number of thiazole rings is 1. The fourth-order valence-corrected chi connectivity index (χ4v) is 5.73. The Morgan fingerprint density at radius 2 is 2.21 bits per heavy atom. The number of thioether (sulfide) groups is 1. The highest BCUT2D eigenvalue weighted by molar-refractivity contribution is 7.99. The van der Waals surface area contributed by atoms with Gasteiger partial charge in [-0.3, -0.25) is 4.84 Å². The summed E-state index contributed by atoms with van der Waals surface area (Å²) in [5.41, 5.74) is 10.2. The van der Waals surface area contributed by atoms with Crippen LogP contribution in [-0.2, 0) is 20.9 Å². The number of rotatable bonds is 8. The van der Waals surface area contributed by atoms with Crippen molar-refractivity contribution in [3.8, 4) is 6.07 Å². The van der Waals surface area contributed by atoms with Crippen LogP contribution in [0.5, 0.6) is 0 Å². The number of nitrogens with zero attached hydrogens (tertiary/aromatic N) is 4. The van der Waals surface area contributed by atoms with E-state index in [-0.39, 0.29) is 18.4 Å². The van der Waals surface area contributed by atoms with Crippen molar-refractivity contribution in [1.29, 1.82) is 5.26 Å². The number of pyridine rings is 1. The van der Waals surface area contributed by atoms with Crippen LogP contribution in [0.3, 0.4) is 0 Å². The van der Waals surface area contributed by atoms with Crippen LogP contribution >= 0.6 is 34.7 Å². The van der Waals surface area contributed by atoms with Crippen molar-refractivity contribution >= 4 is 40.4 Å². The number of hydrogen-bond acceptors (Lipinski definition) is 12. The zero-order valence-corrected chi connectivity index (χ0v) is 23.0. The second-order valence-electron chi connectivity index (χ2n) is 8.40. The van der Waals surface area contributed by atoms with Crippen LogP contribution < -0.4 is 17.1 Å². The predicted molar refractivity (Wildman–Crippen MR) is 147 cm³/mol. The Bertz CT molecular complexity index is 1240. The topological polar surface area (TPSA) is 145 Å². The van der Waals surface area contributed by atoms with Gasteiger partial charge in [-0.05, 0) is 18.6 Å². The van der Waals surface area contributed by atoms with Gasteiger partial charge in [-0.1, -0.05) is 53.7 Å². The number of benzene rings is 1. The van der Waals surface area contributed by atoms with E-state index in [9.17, 15) is 5.26 Å². The van der Waals surface area contributed by atoms with E-state index >= 15 is 0 Å².